The molecule has 5 rings (SSSR count). The highest BCUT2D eigenvalue weighted by molar-refractivity contribution is 7.90. The van der Waals surface area contributed by atoms with Crippen molar-refractivity contribution in [2.75, 3.05) is 26.7 Å². The summed E-state index contributed by atoms with van der Waals surface area (Å²) in [5.41, 5.74) is 2.82. The number of likely N-dealkylation sites (tertiary alicyclic amines) is 1. The molecular formula is C28H29Cl2N5O2S. The number of guanidine groups is 1. The Morgan fingerprint density at radius 1 is 1.00 bits per heavy atom. The van der Waals surface area contributed by atoms with Gasteiger partial charge in [0.1, 0.15) is 0 Å². The fourth-order valence-electron chi connectivity index (χ4n) is 4.82. The molecule has 1 saturated heterocycles. The van der Waals surface area contributed by atoms with Crippen molar-refractivity contribution in [3.8, 4) is 0 Å². The van der Waals surface area contributed by atoms with Gasteiger partial charge in [0.15, 0.2) is 0 Å². The molecule has 3 aromatic rings. The molecular weight excluding hydrogens is 541 g/mol. The highest BCUT2D eigenvalue weighted by Crippen LogP contribution is 2.30. The summed E-state index contributed by atoms with van der Waals surface area (Å²) in [5, 5.41) is 7.69. The number of rotatable bonds is 6. The monoisotopic (exact) mass is 569 g/mol. The van der Waals surface area contributed by atoms with Gasteiger partial charge in [0.25, 0.3) is 10.0 Å². The first kappa shape index (κ1) is 26.7. The summed E-state index contributed by atoms with van der Waals surface area (Å²) in [5.74, 6) is 0.113. The van der Waals surface area contributed by atoms with Crippen LogP contribution in [0.1, 0.15) is 29.9 Å². The summed E-state index contributed by atoms with van der Waals surface area (Å²) < 4.78 is 29.5. The first-order valence-corrected chi connectivity index (χ1v) is 14.7. The van der Waals surface area contributed by atoms with E-state index in [1.54, 1.807) is 17.1 Å². The van der Waals surface area contributed by atoms with E-state index in [-0.39, 0.29) is 22.8 Å². The Bertz CT molecular complexity index is 1430. The van der Waals surface area contributed by atoms with E-state index in [1.807, 2.05) is 42.5 Å². The number of nitrogens with zero attached hydrogens (tertiary/aromatic N) is 4. The highest BCUT2D eigenvalue weighted by Gasteiger charge is 2.33. The predicted molar refractivity (Wildman–Crippen MR) is 154 cm³/mol. The minimum atomic E-state index is -3.92. The van der Waals surface area contributed by atoms with E-state index < -0.39 is 10.0 Å². The van der Waals surface area contributed by atoms with Gasteiger partial charge in [-0.1, -0.05) is 65.7 Å². The zero-order chi connectivity index (χ0) is 26.7. The maximum absolute atomic E-state index is 13.4. The molecule has 0 amide bonds. The Kier molecular flexibility index (Phi) is 8.04. The van der Waals surface area contributed by atoms with Crippen LogP contribution in [0.5, 0.6) is 0 Å². The zero-order valence-corrected chi connectivity index (χ0v) is 23.3. The van der Waals surface area contributed by atoms with Crippen LogP contribution in [0.2, 0.25) is 10.0 Å². The molecule has 1 fully saturated rings. The summed E-state index contributed by atoms with van der Waals surface area (Å²) in [4.78, 5) is 7.16. The lowest BCUT2D eigenvalue weighted by Crippen LogP contribution is -2.42. The molecule has 10 heteroatoms. The number of aliphatic imine (C=N–C) groups is 1. The Hall–Kier alpha value is -2.91. The summed E-state index contributed by atoms with van der Waals surface area (Å²) in [6.45, 7) is 1.91. The molecule has 2 heterocycles. The van der Waals surface area contributed by atoms with Gasteiger partial charge >= 0.3 is 0 Å². The topological polar surface area (TPSA) is 77.4 Å². The average Bonchev–Trinajstić information content (AvgIpc) is 3.54. The molecule has 2 aliphatic rings. The third-order valence-corrected chi connectivity index (χ3v) is 8.82. The fourth-order valence-corrected chi connectivity index (χ4v) is 6.10. The van der Waals surface area contributed by atoms with Crippen molar-refractivity contribution in [2.24, 2.45) is 10.1 Å². The van der Waals surface area contributed by atoms with Crippen LogP contribution in [0, 0.1) is 0 Å². The lowest BCUT2D eigenvalue weighted by Gasteiger charge is -2.22. The second-order valence-electron chi connectivity index (χ2n) is 9.54. The van der Waals surface area contributed by atoms with Gasteiger partial charge in [-0.2, -0.15) is 5.10 Å². The standard InChI is InChI=1S/C28H29Cl2N5O2S/c1-34-17-5-8-24(34)18-31-28(33-38(36,37)25-15-13-23(30)14-16-25)35-19-26(20-6-3-2-4-7-20)27(32-35)21-9-11-22(29)12-10-21/h2-4,6-7,9-16,24,26H,5,8,17-19H2,1H3,(H,31,33). The van der Waals surface area contributed by atoms with E-state index in [0.717, 1.165) is 36.2 Å². The van der Waals surface area contributed by atoms with Gasteiger partial charge in [-0.25, -0.2) is 23.1 Å². The lowest BCUT2D eigenvalue weighted by atomic mass is 9.91. The number of likely N-dealkylation sites (N-methyl/N-ethyl adjacent to an activating group) is 1. The molecule has 3 aromatic carbocycles. The summed E-state index contributed by atoms with van der Waals surface area (Å²) >= 11 is 12.1. The van der Waals surface area contributed by atoms with E-state index in [0.29, 0.717) is 23.1 Å². The third kappa shape index (κ3) is 6.04. The van der Waals surface area contributed by atoms with Gasteiger partial charge in [-0.05, 0) is 74.0 Å². The average molecular weight is 571 g/mol. The first-order valence-electron chi connectivity index (χ1n) is 12.5. The van der Waals surface area contributed by atoms with E-state index in [1.165, 1.54) is 12.1 Å². The maximum Gasteiger partial charge on any atom is 0.264 e. The van der Waals surface area contributed by atoms with Crippen molar-refractivity contribution in [3.05, 3.63) is 100 Å². The SMILES string of the molecule is CN1CCCC1CN=C(NS(=O)(=O)c1ccc(Cl)cc1)N1CC(c2ccccc2)C(c2ccc(Cl)cc2)=N1. The fraction of sp³-hybridized carbons (Fsp3) is 0.286. The number of hydrazone groups is 1. The molecule has 2 aliphatic heterocycles. The Balaban J connectivity index is 1.52. The largest absolute Gasteiger partial charge is 0.302 e. The number of sulfonamides is 1. The third-order valence-electron chi connectivity index (χ3n) is 6.97. The van der Waals surface area contributed by atoms with Gasteiger partial charge in [-0.15, -0.1) is 0 Å². The molecule has 0 radical (unpaired) electrons. The molecule has 0 bridgehead atoms. The van der Waals surface area contributed by atoms with Crippen LogP contribution >= 0.6 is 23.2 Å². The normalized spacial score (nSPS) is 20.6. The quantitative estimate of drug-likeness (QED) is 0.326. The van der Waals surface area contributed by atoms with E-state index in [4.69, 9.17) is 33.3 Å². The molecule has 0 saturated carbocycles. The molecule has 2 unspecified atom stereocenters. The minimum absolute atomic E-state index is 0.0863. The smallest absolute Gasteiger partial charge is 0.264 e. The Labute approximate surface area is 233 Å². The van der Waals surface area contributed by atoms with E-state index in [2.05, 4.69) is 28.8 Å². The molecule has 0 spiro atoms. The van der Waals surface area contributed by atoms with Gasteiger partial charge in [0, 0.05) is 22.0 Å². The van der Waals surface area contributed by atoms with E-state index in [9.17, 15) is 8.42 Å². The maximum atomic E-state index is 13.4. The zero-order valence-electron chi connectivity index (χ0n) is 21.0. The summed E-state index contributed by atoms with van der Waals surface area (Å²) in [6.07, 6.45) is 2.12. The van der Waals surface area contributed by atoms with Crippen LogP contribution in [0.15, 0.2) is 93.9 Å². The molecule has 2 atom stereocenters. The first-order chi connectivity index (χ1) is 18.3. The molecule has 198 valence electrons. The highest BCUT2D eigenvalue weighted by atomic mass is 35.5. The van der Waals surface area contributed by atoms with Crippen LogP contribution in [0.25, 0.3) is 0 Å². The molecule has 1 N–H and O–H groups in total. The minimum Gasteiger partial charge on any atom is -0.302 e. The van der Waals surface area contributed by atoms with Crippen LogP contribution in [0.4, 0.5) is 0 Å². The van der Waals surface area contributed by atoms with Crippen LogP contribution < -0.4 is 4.72 Å². The van der Waals surface area contributed by atoms with E-state index >= 15 is 0 Å². The molecule has 0 aliphatic carbocycles. The Morgan fingerprint density at radius 3 is 2.29 bits per heavy atom. The number of benzene rings is 3. The predicted octanol–water partition coefficient (Wildman–Crippen LogP) is 5.23. The second-order valence-corrected chi connectivity index (χ2v) is 12.1. The van der Waals surface area contributed by atoms with Crippen LogP contribution in [-0.2, 0) is 10.0 Å². The number of hydrogen-bond acceptors (Lipinski definition) is 5. The van der Waals surface area contributed by atoms with Crippen molar-refractivity contribution >= 4 is 44.9 Å². The number of nitrogens with one attached hydrogen (secondary N) is 1. The Morgan fingerprint density at radius 2 is 1.66 bits per heavy atom. The van der Waals surface area contributed by atoms with Crippen molar-refractivity contribution in [1.82, 2.24) is 14.6 Å². The van der Waals surface area contributed by atoms with Gasteiger partial charge in [0.2, 0.25) is 5.96 Å². The number of hydrogen-bond donors (Lipinski definition) is 1. The molecule has 38 heavy (non-hydrogen) atoms. The van der Waals surface area contributed by atoms with Gasteiger partial charge in [-0.3, -0.25) is 0 Å². The number of halogens is 2. The van der Waals surface area contributed by atoms with Crippen molar-refractivity contribution < 1.29 is 8.42 Å². The summed E-state index contributed by atoms with van der Waals surface area (Å²) in [6, 6.07) is 23.9. The van der Waals surface area contributed by atoms with Crippen molar-refractivity contribution in [3.63, 3.8) is 0 Å². The molecule has 7 nitrogen and oxygen atoms in total. The summed E-state index contributed by atoms with van der Waals surface area (Å²) in [7, 11) is -1.85. The van der Waals surface area contributed by atoms with Gasteiger partial charge in [0.05, 0.1) is 23.7 Å². The second kappa shape index (κ2) is 11.5. The molecule has 0 aromatic heterocycles. The van der Waals surface area contributed by atoms with Crippen molar-refractivity contribution in [1.29, 1.82) is 0 Å². The van der Waals surface area contributed by atoms with Crippen molar-refractivity contribution in [2.45, 2.75) is 29.7 Å². The van der Waals surface area contributed by atoms with Gasteiger partial charge < -0.3 is 4.90 Å². The van der Waals surface area contributed by atoms with Crippen LogP contribution in [-0.4, -0.2) is 62.7 Å². The lowest BCUT2D eigenvalue weighted by molar-refractivity contribution is 0.316. The van der Waals surface area contributed by atoms with Crippen LogP contribution in [0.3, 0.4) is 0 Å².